The minimum atomic E-state index is 1.10. The number of benzene rings is 1. The van der Waals surface area contributed by atoms with Gasteiger partial charge in [0.15, 0.2) is 0 Å². The zero-order valence-electron chi connectivity index (χ0n) is 9.63. The van der Waals surface area contributed by atoms with Crippen molar-refractivity contribution in [3.63, 3.8) is 0 Å². The van der Waals surface area contributed by atoms with Crippen LogP contribution in [0.5, 0.6) is 0 Å². The van der Waals surface area contributed by atoms with Crippen LogP contribution in [-0.2, 0) is 0 Å². The van der Waals surface area contributed by atoms with E-state index in [1.807, 2.05) is 0 Å². The van der Waals surface area contributed by atoms with Crippen LogP contribution < -0.4 is 0 Å². The molecule has 0 N–H and O–H groups in total. The first kappa shape index (κ1) is 12.5. The van der Waals surface area contributed by atoms with Crippen molar-refractivity contribution in [3.05, 3.63) is 39.9 Å². The fraction of sp³-hybridized carbons (Fsp3) is 0.385. The van der Waals surface area contributed by atoms with Crippen LogP contribution in [0.3, 0.4) is 0 Å². The summed E-state index contributed by atoms with van der Waals surface area (Å²) in [5.74, 6) is 0. The lowest BCUT2D eigenvalue weighted by atomic mass is 10.1. The summed E-state index contributed by atoms with van der Waals surface area (Å²) in [5.41, 5.74) is 2.60. The van der Waals surface area contributed by atoms with E-state index in [0.29, 0.717) is 0 Å². The molecule has 0 aliphatic heterocycles. The molecule has 0 spiro atoms. The predicted octanol–water partition coefficient (Wildman–Crippen LogP) is 3.72. The molecule has 0 amide bonds. The van der Waals surface area contributed by atoms with Gasteiger partial charge in [-0.05, 0) is 44.6 Å². The second-order valence-electron chi connectivity index (χ2n) is 3.95. The Labute approximate surface area is 101 Å². The van der Waals surface area contributed by atoms with Gasteiger partial charge in [0, 0.05) is 11.0 Å². The first-order valence-electron chi connectivity index (χ1n) is 5.17. The lowest BCUT2D eigenvalue weighted by Crippen LogP contribution is -2.11. The SMILES string of the molecule is Cc1c(Br)cccc1/C=C/CCN(C)C. The van der Waals surface area contributed by atoms with E-state index >= 15 is 0 Å². The number of halogens is 1. The summed E-state index contributed by atoms with van der Waals surface area (Å²) in [6.45, 7) is 3.24. The quantitative estimate of drug-likeness (QED) is 0.804. The molecule has 0 aliphatic carbocycles. The molecule has 0 aromatic heterocycles. The summed E-state index contributed by atoms with van der Waals surface area (Å²) in [4.78, 5) is 2.19. The molecule has 82 valence electrons. The van der Waals surface area contributed by atoms with Gasteiger partial charge >= 0.3 is 0 Å². The fourth-order valence-corrected chi connectivity index (χ4v) is 1.73. The summed E-state index contributed by atoms with van der Waals surface area (Å²) < 4.78 is 1.18. The minimum absolute atomic E-state index is 1.10. The van der Waals surface area contributed by atoms with Crippen molar-refractivity contribution in [3.8, 4) is 0 Å². The minimum Gasteiger partial charge on any atom is -0.309 e. The predicted molar refractivity (Wildman–Crippen MR) is 71.1 cm³/mol. The normalized spacial score (nSPS) is 11.5. The average molecular weight is 268 g/mol. The van der Waals surface area contributed by atoms with Gasteiger partial charge < -0.3 is 4.90 Å². The molecule has 0 unspecified atom stereocenters. The van der Waals surface area contributed by atoms with Gasteiger partial charge in [0.1, 0.15) is 0 Å². The van der Waals surface area contributed by atoms with E-state index in [4.69, 9.17) is 0 Å². The van der Waals surface area contributed by atoms with E-state index in [2.05, 4.69) is 72.2 Å². The van der Waals surface area contributed by atoms with Gasteiger partial charge in [-0.15, -0.1) is 0 Å². The van der Waals surface area contributed by atoms with Crippen LogP contribution in [0, 0.1) is 6.92 Å². The lowest BCUT2D eigenvalue weighted by Gasteiger charge is -2.06. The monoisotopic (exact) mass is 267 g/mol. The van der Waals surface area contributed by atoms with Gasteiger partial charge in [-0.25, -0.2) is 0 Å². The van der Waals surface area contributed by atoms with Crippen molar-refractivity contribution in [1.82, 2.24) is 4.90 Å². The van der Waals surface area contributed by atoms with Crippen LogP contribution in [-0.4, -0.2) is 25.5 Å². The van der Waals surface area contributed by atoms with Gasteiger partial charge in [0.05, 0.1) is 0 Å². The van der Waals surface area contributed by atoms with Crippen molar-refractivity contribution in [2.75, 3.05) is 20.6 Å². The van der Waals surface area contributed by atoms with Gasteiger partial charge in [-0.2, -0.15) is 0 Å². The number of rotatable bonds is 4. The molecule has 0 bridgehead atoms. The topological polar surface area (TPSA) is 3.24 Å². The summed E-state index contributed by atoms with van der Waals surface area (Å²) in [6, 6.07) is 6.29. The van der Waals surface area contributed by atoms with Gasteiger partial charge in [0.25, 0.3) is 0 Å². The van der Waals surface area contributed by atoms with E-state index in [9.17, 15) is 0 Å². The molecular formula is C13H18BrN. The van der Waals surface area contributed by atoms with Crippen molar-refractivity contribution >= 4 is 22.0 Å². The maximum absolute atomic E-state index is 3.54. The summed E-state index contributed by atoms with van der Waals surface area (Å²) in [6.07, 6.45) is 5.53. The molecular weight excluding hydrogens is 250 g/mol. The Hall–Kier alpha value is -0.600. The Balaban J connectivity index is 2.60. The van der Waals surface area contributed by atoms with Crippen LogP contribution in [0.2, 0.25) is 0 Å². The largest absolute Gasteiger partial charge is 0.309 e. The van der Waals surface area contributed by atoms with E-state index in [1.54, 1.807) is 0 Å². The Bertz CT molecular complexity index is 342. The molecule has 0 aliphatic rings. The summed E-state index contributed by atoms with van der Waals surface area (Å²) >= 11 is 3.54. The lowest BCUT2D eigenvalue weighted by molar-refractivity contribution is 0.417. The molecule has 0 radical (unpaired) electrons. The molecule has 15 heavy (non-hydrogen) atoms. The first-order valence-corrected chi connectivity index (χ1v) is 5.97. The molecule has 2 heteroatoms. The molecule has 1 nitrogen and oxygen atoms in total. The third kappa shape index (κ3) is 4.18. The van der Waals surface area contributed by atoms with Crippen molar-refractivity contribution < 1.29 is 0 Å². The van der Waals surface area contributed by atoms with Crippen LogP contribution >= 0.6 is 15.9 Å². The molecule has 0 saturated heterocycles. The van der Waals surface area contributed by atoms with Crippen molar-refractivity contribution in [1.29, 1.82) is 0 Å². The maximum Gasteiger partial charge on any atom is 0.0210 e. The van der Waals surface area contributed by atoms with E-state index in [1.165, 1.54) is 15.6 Å². The Morgan fingerprint density at radius 1 is 1.33 bits per heavy atom. The standard InChI is InChI=1S/C13H18BrN/c1-11-12(8-6-9-13(11)14)7-4-5-10-15(2)3/h4,6-9H,5,10H2,1-3H3/b7-4+. The van der Waals surface area contributed by atoms with E-state index in [-0.39, 0.29) is 0 Å². The smallest absolute Gasteiger partial charge is 0.0210 e. The summed E-state index contributed by atoms with van der Waals surface area (Å²) in [7, 11) is 4.19. The molecule has 1 aromatic rings. The first-order chi connectivity index (χ1) is 7.11. The van der Waals surface area contributed by atoms with Crippen LogP contribution in [0.4, 0.5) is 0 Å². The zero-order valence-corrected chi connectivity index (χ0v) is 11.2. The maximum atomic E-state index is 3.54. The summed E-state index contributed by atoms with van der Waals surface area (Å²) in [5, 5.41) is 0. The highest BCUT2D eigenvalue weighted by Gasteiger charge is 1.97. The van der Waals surface area contributed by atoms with E-state index in [0.717, 1.165) is 13.0 Å². The van der Waals surface area contributed by atoms with Crippen LogP contribution in [0.25, 0.3) is 6.08 Å². The number of hydrogen-bond donors (Lipinski definition) is 0. The van der Waals surface area contributed by atoms with Crippen molar-refractivity contribution in [2.24, 2.45) is 0 Å². The highest BCUT2D eigenvalue weighted by atomic mass is 79.9. The third-order valence-corrected chi connectivity index (χ3v) is 3.21. The average Bonchev–Trinajstić information content (AvgIpc) is 2.18. The Morgan fingerprint density at radius 3 is 2.73 bits per heavy atom. The van der Waals surface area contributed by atoms with Crippen LogP contribution in [0.15, 0.2) is 28.7 Å². The highest BCUT2D eigenvalue weighted by Crippen LogP contribution is 2.20. The van der Waals surface area contributed by atoms with Gasteiger partial charge in [-0.1, -0.05) is 40.2 Å². The van der Waals surface area contributed by atoms with Crippen LogP contribution in [0.1, 0.15) is 17.5 Å². The molecule has 1 rings (SSSR count). The van der Waals surface area contributed by atoms with Gasteiger partial charge in [-0.3, -0.25) is 0 Å². The molecule has 0 saturated carbocycles. The number of nitrogens with zero attached hydrogens (tertiary/aromatic N) is 1. The Kier molecular flexibility index (Phi) is 5.06. The zero-order chi connectivity index (χ0) is 11.3. The fourth-order valence-electron chi connectivity index (χ4n) is 1.35. The molecule has 0 atom stereocenters. The third-order valence-electron chi connectivity index (χ3n) is 2.35. The highest BCUT2D eigenvalue weighted by molar-refractivity contribution is 9.10. The van der Waals surface area contributed by atoms with Crippen molar-refractivity contribution in [2.45, 2.75) is 13.3 Å². The second-order valence-corrected chi connectivity index (χ2v) is 4.80. The molecule has 1 aromatic carbocycles. The van der Waals surface area contributed by atoms with E-state index < -0.39 is 0 Å². The Morgan fingerprint density at radius 2 is 2.07 bits per heavy atom. The van der Waals surface area contributed by atoms with Gasteiger partial charge in [0.2, 0.25) is 0 Å². The number of hydrogen-bond acceptors (Lipinski definition) is 1. The molecule has 0 fully saturated rings. The second kappa shape index (κ2) is 6.09. The molecule has 0 heterocycles.